The molecule has 1 heterocycles. The summed E-state index contributed by atoms with van der Waals surface area (Å²) in [5.41, 5.74) is 3.58. The van der Waals surface area contributed by atoms with E-state index in [0.717, 1.165) is 32.8 Å². The van der Waals surface area contributed by atoms with E-state index in [1.807, 2.05) is 45.0 Å². The van der Waals surface area contributed by atoms with Crippen LogP contribution in [0.15, 0.2) is 30.3 Å². The van der Waals surface area contributed by atoms with Gasteiger partial charge in [0.15, 0.2) is 0 Å². The van der Waals surface area contributed by atoms with Crippen LogP contribution in [0.3, 0.4) is 0 Å². The number of phenolic OH excluding ortho intramolecular Hbond substituents is 1. The smallest absolute Gasteiger partial charge is 0.410 e. The number of fused-ring (bicyclic) bond motifs is 1. The van der Waals surface area contributed by atoms with E-state index in [2.05, 4.69) is 0 Å². The number of benzene rings is 2. The first-order valence-electron chi connectivity index (χ1n) is 13.1. The molecular formula is C30H40N2O7. The number of carbonyl (C=O) groups excluding carboxylic acids is 3. The molecule has 0 spiro atoms. The van der Waals surface area contributed by atoms with Gasteiger partial charge in [0.25, 0.3) is 5.91 Å². The second-order valence-corrected chi connectivity index (χ2v) is 11.2. The number of esters is 1. The van der Waals surface area contributed by atoms with E-state index < -0.39 is 23.7 Å². The number of carbonyl (C=O) groups is 3. The van der Waals surface area contributed by atoms with Gasteiger partial charge in [0, 0.05) is 19.3 Å². The maximum absolute atomic E-state index is 13.7. The number of ether oxygens (including phenoxy) is 3. The number of hydrogen-bond donors (Lipinski definition) is 1. The Balaban J connectivity index is 1.80. The minimum absolute atomic E-state index is 0.223. The van der Waals surface area contributed by atoms with Crippen LogP contribution >= 0.6 is 0 Å². The van der Waals surface area contributed by atoms with Gasteiger partial charge >= 0.3 is 12.1 Å². The second kappa shape index (κ2) is 12.0. The lowest BCUT2D eigenvalue weighted by molar-refractivity contribution is -0.144. The number of aromatic hydroxyl groups is 1. The predicted molar refractivity (Wildman–Crippen MR) is 148 cm³/mol. The molecule has 1 aliphatic rings. The van der Waals surface area contributed by atoms with Crippen LogP contribution in [0.5, 0.6) is 11.5 Å². The molecule has 0 aliphatic carbocycles. The van der Waals surface area contributed by atoms with E-state index in [-0.39, 0.29) is 30.6 Å². The summed E-state index contributed by atoms with van der Waals surface area (Å²) in [4.78, 5) is 41.4. The van der Waals surface area contributed by atoms with Crippen molar-refractivity contribution in [2.75, 3.05) is 25.6 Å². The SMILES string of the molecule is COC(=O)C[C@H](C(=O)N1CCc2c1ccc(OCc1ccc(C(C)C)c(O)c1)c2C)N(C)C(=O)OC(C)(C)C. The lowest BCUT2D eigenvalue weighted by Gasteiger charge is -2.32. The van der Waals surface area contributed by atoms with Crippen LogP contribution in [0.4, 0.5) is 10.5 Å². The zero-order valence-electron chi connectivity index (χ0n) is 24.2. The first kappa shape index (κ1) is 29.8. The van der Waals surface area contributed by atoms with Gasteiger partial charge in [-0.25, -0.2) is 4.79 Å². The maximum atomic E-state index is 13.7. The van der Waals surface area contributed by atoms with Crippen LogP contribution in [0.2, 0.25) is 0 Å². The van der Waals surface area contributed by atoms with Crippen molar-refractivity contribution >= 4 is 23.7 Å². The monoisotopic (exact) mass is 540 g/mol. The van der Waals surface area contributed by atoms with Crippen LogP contribution in [0, 0.1) is 6.92 Å². The molecule has 2 amide bonds. The van der Waals surface area contributed by atoms with Crippen molar-refractivity contribution < 1.29 is 33.7 Å². The van der Waals surface area contributed by atoms with Crippen LogP contribution in [0.1, 0.15) is 69.2 Å². The number of likely N-dealkylation sites (N-methyl/N-ethyl adjacent to an activating group) is 1. The summed E-state index contributed by atoms with van der Waals surface area (Å²) in [6.45, 7) is 11.9. The molecule has 0 radical (unpaired) electrons. The third kappa shape index (κ3) is 7.02. The van der Waals surface area contributed by atoms with Gasteiger partial charge in [0.1, 0.15) is 29.7 Å². The van der Waals surface area contributed by atoms with Crippen molar-refractivity contribution in [2.45, 2.75) is 78.6 Å². The average molecular weight is 541 g/mol. The zero-order chi connectivity index (χ0) is 29.1. The normalized spacial score (nSPS) is 13.6. The van der Waals surface area contributed by atoms with Crippen molar-refractivity contribution in [1.82, 2.24) is 4.90 Å². The fraction of sp³-hybridized carbons (Fsp3) is 0.500. The third-order valence-electron chi connectivity index (χ3n) is 6.80. The molecule has 9 heteroatoms. The standard InChI is InChI=1S/C30H40N2O7/c1-18(2)21-10-9-20(15-25(21)33)17-38-26-12-11-23-22(19(26)3)13-14-32(23)28(35)24(16-27(34)37-8)31(7)29(36)39-30(4,5)6/h9-12,15,18,24,33H,13-14,16-17H2,1-8H3/t24-/m1/s1. The highest BCUT2D eigenvalue weighted by molar-refractivity contribution is 6.02. The molecule has 1 atom stereocenters. The van der Waals surface area contributed by atoms with Crippen LogP contribution in [0.25, 0.3) is 0 Å². The van der Waals surface area contributed by atoms with Gasteiger partial charge in [-0.3, -0.25) is 14.5 Å². The Hall–Kier alpha value is -3.75. The molecule has 1 aliphatic heterocycles. The van der Waals surface area contributed by atoms with E-state index in [9.17, 15) is 19.5 Å². The number of amides is 2. The number of phenols is 1. The Morgan fingerprint density at radius 3 is 2.41 bits per heavy atom. The van der Waals surface area contributed by atoms with Gasteiger partial charge in [-0.05, 0) is 80.5 Å². The summed E-state index contributed by atoms with van der Waals surface area (Å²) in [7, 11) is 2.69. The first-order valence-corrected chi connectivity index (χ1v) is 13.1. The van der Waals surface area contributed by atoms with E-state index >= 15 is 0 Å². The lowest BCUT2D eigenvalue weighted by atomic mass is 10.0. The summed E-state index contributed by atoms with van der Waals surface area (Å²) < 4.78 is 16.3. The molecule has 0 aromatic heterocycles. The van der Waals surface area contributed by atoms with E-state index in [1.54, 1.807) is 31.7 Å². The Morgan fingerprint density at radius 2 is 1.82 bits per heavy atom. The second-order valence-electron chi connectivity index (χ2n) is 11.2. The van der Waals surface area contributed by atoms with E-state index in [0.29, 0.717) is 18.7 Å². The number of nitrogens with zero attached hydrogens (tertiary/aromatic N) is 2. The average Bonchev–Trinajstić information content (AvgIpc) is 3.29. The van der Waals surface area contributed by atoms with Gasteiger partial charge in [-0.2, -0.15) is 0 Å². The van der Waals surface area contributed by atoms with Crippen LogP contribution < -0.4 is 9.64 Å². The molecular weight excluding hydrogens is 500 g/mol. The number of rotatable bonds is 8. The van der Waals surface area contributed by atoms with Crippen molar-refractivity contribution in [1.29, 1.82) is 0 Å². The summed E-state index contributed by atoms with van der Waals surface area (Å²) in [6.07, 6.45) is -0.384. The molecule has 9 nitrogen and oxygen atoms in total. The van der Waals surface area contributed by atoms with Crippen LogP contribution in [-0.2, 0) is 32.1 Å². The lowest BCUT2D eigenvalue weighted by Crippen LogP contribution is -2.51. The van der Waals surface area contributed by atoms with Crippen molar-refractivity contribution in [3.8, 4) is 11.5 Å². The Labute approximate surface area is 230 Å². The number of anilines is 1. The molecule has 2 aromatic rings. The molecule has 0 bridgehead atoms. The van der Waals surface area contributed by atoms with Crippen molar-refractivity contribution in [3.05, 3.63) is 52.6 Å². The molecule has 1 N–H and O–H groups in total. The Morgan fingerprint density at radius 1 is 1.13 bits per heavy atom. The quantitative estimate of drug-likeness (QED) is 0.465. The van der Waals surface area contributed by atoms with Crippen molar-refractivity contribution in [2.24, 2.45) is 0 Å². The van der Waals surface area contributed by atoms with Gasteiger partial charge < -0.3 is 24.2 Å². The molecule has 2 aromatic carbocycles. The largest absolute Gasteiger partial charge is 0.508 e. The minimum atomic E-state index is -1.09. The highest BCUT2D eigenvalue weighted by Gasteiger charge is 2.38. The highest BCUT2D eigenvalue weighted by Crippen LogP contribution is 2.37. The fourth-order valence-corrected chi connectivity index (χ4v) is 4.62. The van der Waals surface area contributed by atoms with Crippen molar-refractivity contribution in [3.63, 3.8) is 0 Å². The minimum Gasteiger partial charge on any atom is -0.508 e. The molecule has 0 fully saturated rings. The molecule has 0 unspecified atom stereocenters. The summed E-state index contributed by atoms with van der Waals surface area (Å²) in [5, 5.41) is 10.3. The first-order chi connectivity index (χ1) is 18.2. The fourth-order valence-electron chi connectivity index (χ4n) is 4.62. The summed E-state index contributed by atoms with van der Waals surface area (Å²) in [6, 6.07) is 8.13. The summed E-state index contributed by atoms with van der Waals surface area (Å²) >= 11 is 0. The number of methoxy groups -OCH3 is 1. The molecule has 0 saturated carbocycles. The molecule has 39 heavy (non-hydrogen) atoms. The highest BCUT2D eigenvalue weighted by atomic mass is 16.6. The Kier molecular flexibility index (Phi) is 9.14. The van der Waals surface area contributed by atoms with Gasteiger partial charge in [0.05, 0.1) is 13.5 Å². The van der Waals surface area contributed by atoms with E-state index in [4.69, 9.17) is 14.2 Å². The number of hydrogen-bond acceptors (Lipinski definition) is 7. The zero-order valence-corrected chi connectivity index (χ0v) is 24.2. The van der Waals surface area contributed by atoms with Gasteiger partial charge in [0.2, 0.25) is 0 Å². The predicted octanol–water partition coefficient (Wildman–Crippen LogP) is 5.09. The molecule has 212 valence electrons. The molecule has 0 saturated heterocycles. The van der Waals surface area contributed by atoms with Crippen LogP contribution in [-0.4, -0.2) is 60.3 Å². The maximum Gasteiger partial charge on any atom is 0.410 e. The topological polar surface area (TPSA) is 106 Å². The van der Waals surface area contributed by atoms with Gasteiger partial charge in [-0.15, -0.1) is 0 Å². The summed E-state index contributed by atoms with van der Waals surface area (Å²) in [5.74, 6) is 0.175. The Bertz CT molecular complexity index is 1230. The molecule has 3 rings (SSSR count). The van der Waals surface area contributed by atoms with Gasteiger partial charge in [-0.1, -0.05) is 26.0 Å². The van der Waals surface area contributed by atoms with E-state index in [1.165, 1.54) is 14.2 Å². The third-order valence-corrected chi connectivity index (χ3v) is 6.80.